The molecule has 0 aliphatic heterocycles. The van der Waals surface area contributed by atoms with Gasteiger partial charge < -0.3 is 16.4 Å². The fourth-order valence-electron chi connectivity index (χ4n) is 1.83. The third-order valence-corrected chi connectivity index (χ3v) is 3.59. The van der Waals surface area contributed by atoms with Crippen LogP contribution >= 0.6 is 11.8 Å². The Balaban J connectivity index is 0.00000172. The van der Waals surface area contributed by atoms with Crippen LogP contribution in [0.2, 0.25) is 0 Å². The highest BCUT2D eigenvalue weighted by molar-refractivity contribution is 7.98. The number of benzene rings is 1. The Labute approximate surface area is 126 Å². The summed E-state index contributed by atoms with van der Waals surface area (Å²) in [7, 11) is 3.29. The first-order valence-electron chi connectivity index (χ1n) is 6.44. The summed E-state index contributed by atoms with van der Waals surface area (Å²) in [4.78, 5) is 13.5. The number of thioether (sulfide) groups is 1. The molecule has 2 atom stereocenters. The maximum atomic E-state index is 12.3. The lowest BCUT2D eigenvalue weighted by Crippen LogP contribution is -2.48. The van der Waals surface area contributed by atoms with Crippen LogP contribution < -0.4 is 16.4 Å². The smallest absolute Gasteiger partial charge is 0.181 e. The number of nitrogens with two attached hydrogens (primary N) is 1. The van der Waals surface area contributed by atoms with E-state index in [1.54, 1.807) is 25.0 Å². The topological polar surface area (TPSA) is 67.1 Å². The summed E-state index contributed by atoms with van der Waals surface area (Å²) in [5.41, 5.74) is 5.23. The van der Waals surface area contributed by atoms with Gasteiger partial charge >= 0.3 is 0 Å². The van der Waals surface area contributed by atoms with E-state index in [-0.39, 0.29) is 17.9 Å². The molecule has 4 nitrogen and oxygen atoms in total. The molecule has 5 heteroatoms. The van der Waals surface area contributed by atoms with Crippen LogP contribution in [0.5, 0.6) is 0 Å². The summed E-state index contributed by atoms with van der Waals surface area (Å²) in [5.74, 6) is 0.0898. The van der Waals surface area contributed by atoms with Crippen molar-refractivity contribution in [3.63, 3.8) is 0 Å². The summed E-state index contributed by atoms with van der Waals surface area (Å²) in [5, 5.41) is 6.09. The monoisotopic (exact) mass is 295 g/mol. The number of ketones is 1. The van der Waals surface area contributed by atoms with Gasteiger partial charge in [-0.1, -0.05) is 18.7 Å². The van der Waals surface area contributed by atoms with Gasteiger partial charge in [-0.3, -0.25) is 4.79 Å². The Bertz CT molecular complexity index is 406. The van der Waals surface area contributed by atoms with Gasteiger partial charge in [-0.15, -0.1) is 11.8 Å². The minimum absolute atomic E-state index is 0.000210. The van der Waals surface area contributed by atoms with Gasteiger partial charge in [0.2, 0.25) is 0 Å². The van der Waals surface area contributed by atoms with Crippen molar-refractivity contribution in [2.75, 3.05) is 20.4 Å². The average Bonchev–Trinajstić information content (AvgIpc) is 2.50. The van der Waals surface area contributed by atoms with Gasteiger partial charge in [0.15, 0.2) is 5.78 Å². The third-order valence-electron chi connectivity index (χ3n) is 2.85. The van der Waals surface area contributed by atoms with Gasteiger partial charge in [0.05, 0.1) is 6.04 Å². The standard InChI is InChI=1S/C14H20N2OS.CH5N/c1-5-16-10(2)13(15-3)14(17)11-6-8-12(18-4)9-7-11;1-2/h5-10,13,15-16H,1H2,2-4H3;2H2,1H3. The molecule has 20 heavy (non-hydrogen) atoms. The molecule has 1 aromatic rings. The van der Waals surface area contributed by atoms with Crippen LogP contribution in [0.1, 0.15) is 17.3 Å². The molecule has 0 aliphatic carbocycles. The molecule has 0 saturated carbocycles. The van der Waals surface area contributed by atoms with Crippen LogP contribution in [0.4, 0.5) is 0 Å². The molecule has 1 aromatic carbocycles. The number of likely N-dealkylation sites (N-methyl/N-ethyl adjacent to an activating group) is 1. The van der Waals surface area contributed by atoms with Gasteiger partial charge in [0, 0.05) is 16.5 Å². The van der Waals surface area contributed by atoms with E-state index in [1.165, 1.54) is 7.05 Å². The fraction of sp³-hybridized carbons (Fsp3) is 0.400. The molecule has 0 aliphatic rings. The molecule has 112 valence electrons. The van der Waals surface area contributed by atoms with Crippen LogP contribution in [0, 0.1) is 0 Å². The predicted octanol–water partition coefficient (Wildman–Crippen LogP) is 1.88. The van der Waals surface area contributed by atoms with E-state index in [0.29, 0.717) is 0 Å². The minimum Gasteiger partial charge on any atom is -0.387 e. The summed E-state index contributed by atoms with van der Waals surface area (Å²) in [6.45, 7) is 5.57. The van der Waals surface area contributed by atoms with Gasteiger partial charge in [0.1, 0.15) is 0 Å². The molecule has 4 N–H and O–H groups in total. The summed E-state index contributed by atoms with van der Waals surface area (Å²) < 4.78 is 0. The van der Waals surface area contributed by atoms with E-state index >= 15 is 0 Å². The summed E-state index contributed by atoms with van der Waals surface area (Å²) in [6, 6.07) is 7.42. The Kier molecular flexibility index (Phi) is 9.80. The first-order valence-corrected chi connectivity index (χ1v) is 7.66. The molecule has 0 radical (unpaired) electrons. The van der Waals surface area contributed by atoms with Gasteiger partial charge in [0.25, 0.3) is 0 Å². The lowest BCUT2D eigenvalue weighted by Gasteiger charge is -2.22. The number of Topliss-reactive ketones (excluding diaryl/α,β-unsaturated/α-hetero) is 1. The second-order valence-electron chi connectivity index (χ2n) is 4.02. The highest BCUT2D eigenvalue weighted by atomic mass is 32.2. The van der Waals surface area contributed by atoms with E-state index in [0.717, 1.165) is 10.5 Å². The first kappa shape index (κ1) is 18.7. The highest BCUT2D eigenvalue weighted by Crippen LogP contribution is 2.16. The molecule has 0 heterocycles. The Hall–Kier alpha value is -1.30. The van der Waals surface area contributed by atoms with Crippen molar-refractivity contribution >= 4 is 17.5 Å². The number of nitrogens with one attached hydrogen (secondary N) is 2. The zero-order chi connectivity index (χ0) is 15.5. The second kappa shape index (κ2) is 10.5. The summed E-state index contributed by atoms with van der Waals surface area (Å²) in [6.07, 6.45) is 3.63. The normalized spacial score (nSPS) is 12.7. The Morgan fingerprint density at radius 2 is 1.90 bits per heavy atom. The molecule has 0 aromatic heterocycles. The SMILES string of the molecule is C=CNC(C)C(NC)C(=O)c1ccc(SC)cc1.CN. The zero-order valence-corrected chi connectivity index (χ0v) is 13.5. The maximum absolute atomic E-state index is 12.3. The molecule has 1 rings (SSSR count). The van der Waals surface area contributed by atoms with Crippen LogP contribution in [0.25, 0.3) is 0 Å². The summed E-state index contributed by atoms with van der Waals surface area (Å²) >= 11 is 1.67. The highest BCUT2D eigenvalue weighted by Gasteiger charge is 2.23. The van der Waals surface area contributed by atoms with E-state index in [2.05, 4.69) is 22.9 Å². The molecular weight excluding hydrogens is 270 g/mol. The quantitative estimate of drug-likeness (QED) is 0.529. The van der Waals surface area contributed by atoms with Crippen LogP contribution in [0.15, 0.2) is 41.9 Å². The van der Waals surface area contributed by atoms with Gasteiger partial charge in [-0.2, -0.15) is 0 Å². The zero-order valence-electron chi connectivity index (χ0n) is 12.6. The maximum Gasteiger partial charge on any atom is 0.181 e. The number of carbonyl (C=O) groups excluding carboxylic acids is 1. The van der Waals surface area contributed by atoms with E-state index in [1.807, 2.05) is 37.4 Å². The van der Waals surface area contributed by atoms with Crippen molar-refractivity contribution in [3.05, 3.63) is 42.6 Å². The lowest BCUT2D eigenvalue weighted by molar-refractivity contribution is 0.0931. The van der Waals surface area contributed by atoms with Gasteiger partial charge in [-0.05, 0) is 45.6 Å². The molecular formula is C15H25N3OS. The molecule has 0 amide bonds. The van der Waals surface area contributed by atoms with Crippen molar-refractivity contribution in [2.45, 2.75) is 23.9 Å². The van der Waals surface area contributed by atoms with E-state index < -0.39 is 0 Å². The Morgan fingerprint density at radius 1 is 1.35 bits per heavy atom. The molecule has 0 saturated heterocycles. The largest absolute Gasteiger partial charge is 0.387 e. The lowest BCUT2D eigenvalue weighted by atomic mass is 9.99. The van der Waals surface area contributed by atoms with E-state index in [4.69, 9.17) is 0 Å². The van der Waals surface area contributed by atoms with Crippen molar-refractivity contribution in [1.29, 1.82) is 0 Å². The van der Waals surface area contributed by atoms with E-state index in [9.17, 15) is 4.79 Å². The minimum atomic E-state index is -0.261. The fourth-order valence-corrected chi connectivity index (χ4v) is 2.23. The molecule has 0 spiro atoms. The van der Waals surface area contributed by atoms with Crippen LogP contribution in [-0.4, -0.2) is 38.2 Å². The van der Waals surface area contributed by atoms with Gasteiger partial charge in [-0.25, -0.2) is 0 Å². The van der Waals surface area contributed by atoms with Crippen molar-refractivity contribution < 1.29 is 4.79 Å². The van der Waals surface area contributed by atoms with Crippen LogP contribution in [0.3, 0.4) is 0 Å². The number of rotatable bonds is 7. The number of carbonyl (C=O) groups is 1. The third kappa shape index (κ3) is 5.36. The first-order chi connectivity index (χ1) is 9.63. The second-order valence-corrected chi connectivity index (χ2v) is 4.90. The van der Waals surface area contributed by atoms with Crippen LogP contribution in [-0.2, 0) is 0 Å². The Morgan fingerprint density at radius 3 is 2.30 bits per heavy atom. The van der Waals surface area contributed by atoms with Crippen molar-refractivity contribution in [3.8, 4) is 0 Å². The molecule has 2 unspecified atom stereocenters. The molecule has 0 fully saturated rings. The number of hydrogen-bond acceptors (Lipinski definition) is 5. The van der Waals surface area contributed by atoms with Crippen molar-refractivity contribution in [1.82, 2.24) is 10.6 Å². The molecule has 0 bridgehead atoms. The average molecular weight is 295 g/mol. The predicted molar refractivity (Wildman–Crippen MR) is 88.3 cm³/mol. The number of hydrogen-bond donors (Lipinski definition) is 3. The van der Waals surface area contributed by atoms with Crippen molar-refractivity contribution in [2.24, 2.45) is 5.73 Å².